The summed E-state index contributed by atoms with van der Waals surface area (Å²) in [5.41, 5.74) is 2.11. The monoisotopic (exact) mass is 377 g/mol. The van der Waals surface area contributed by atoms with E-state index in [-0.39, 0.29) is 23.9 Å². The van der Waals surface area contributed by atoms with E-state index in [1.165, 1.54) is 0 Å². The predicted octanol–water partition coefficient (Wildman–Crippen LogP) is 3.48. The van der Waals surface area contributed by atoms with E-state index in [1.54, 1.807) is 4.90 Å². The molecule has 146 valence electrons. The second-order valence-corrected chi connectivity index (χ2v) is 7.77. The highest BCUT2D eigenvalue weighted by atomic mass is 16.2. The van der Waals surface area contributed by atoms with Crippen molar-refractivity contribution in [3.8, 4) is 0 Å². The maximum atomic E-state index is 13.1. The Bertz CT molecular complexity index is 766. The molecular formula is C23H27N3O2. The molecule has 0 spiro atoms. The van der Waals surface area contributed by atoms with Crippen molar-refractivity contribution in [2.24, 2.45) is 5.92 Å². The molecule has 28 heavy (non-hydrogen) atoms. The van der Waals surface area contributed by atoms with Gasteiger partial charge in [-0.05, 0) is 36.8 Å². The van der Waals surface area contributed by atoms with Crippen LogP contribution in [0.1, 0.15) is 42.9 Å². The first-order valence-electron chi connectivity index (χ1n) is 10.2. The van der Waals surface area contributed by atoms with Gasteiger partial charge in [-0.25, -0.2) is 4.79 Å². The van der Waals surface area contributed by atoms with Crippen LogP contribution in [0.2, 0.25) is 0 Å². The number of nitrogens with zero attached hydrogens (tertiary/aromatic N) is 1. The second-order valence-electron chi connectivity index (χ2n) is 7.77. The van der Waals surface area contributed by atoms with E-state index in [0.29, 0.717) is 12.6 Å². The van der Waals surface area contributed by atoms with E-state index in [9.17, 15) is 9.59 Å². The van der Waals surface area contributed by atoms with Gasteiger partial charge >= 0.3 is 6.03 Å². The predicted molar refractivity (Wildman–Crippen MR) is 109 cm³/mol. The van der Waals surface area contributed by atoms with Crippen LogP contribution in [0.5, 0.6) is 0 Å². The Kier molecular flexibility index (Phi) is 5.60. The number of hydrogen-bond donors (Lipinski definition) is 2. The van der Waals surface area contributed by atoms with Gasteiger partial charge in [0.15, 0.2) is 0 Å². The molecule has 1 heterocycles. The Balaban J connectivity index is 1.45. The molecule has 2 aromatic rings. The quantitative estimate of drug-likeness (QED) is 0.838. The normalized spacial score (nSPS) is 19.3. The minimum atomic E-state index is -0.189. The first-order chi connectivity index (χ1) is 13.7. The van der Waals surface area contributed by atoms with Crippen LogP contribution < -0.4 is 10.6 Å². The first-order valence-corrected chi connectivity index (χ1v) is 10.2. The molecule has 2 aliphatic rings. The number of nitrogens with one attached hydrogen (secondary N) is 2. The zero-order valence-corrected chi connectivity index (χ0v) is 16.0. The smallest absolute Gasteiger partial charge is 0.317 e. The fourth-order valence-corrected chi connectivity index (χ4v) is 3.78. The van der Waals surface area contributed by atoms with Crippen LogP contribution in [0.15, 0.2) is 60.7 Å². The van der Waals surface area contributed by atoms with Crippen molar-refractivity contribution in [2.75, 3.05) is 13.1 Å². The number of rotatable bonds is 5. The van der Waals surface area contributed by atoms with Crippen LogP contribution in [0.25, 0.3) is 0 Å². The number of piperidine rings is 1. The summed E-state index contributed by atoms with van der Waals surface area (Å²) >= 11 is 0. The van der Waals surface area contributed by atoms with Gasteiger partial charge in [-0.15, -0.1) is 0 Å². The van der Waals surface area contributed by atoms with E-state index in [1.807, 2.05) is 60.7 Å². The van der Waals surface area contributed by atoms with Gasteiger partial charge in [0.05, 0.1) is 12.0 Å². The van der Waals surface area contributed by atoms with Crippen LogP contribution in [-0.4, -0.2) is 36.0 Å². The van der Waals surface area contributed by atoms with Crippen LogP contribution >= 0.6 is 0 Å². The Morgan fingerprint density at radius 2 is 1.50 bits per heavy atom. The SMILES string of the molecule is O=C(NC(c1ccccc1)c1ccccc1)[C@H]1CCCN(C(=O)NC2CC2)C1. The summed E-state index contributed by atoms with van der Waals surface area (Å²) in [5.74, 6) is -0.157. The number of amides is 3. The molecule has 4 rings (SSSR count). The molecule has 0 aromatic heterocycles. The molecule has 1 saturated carbocycles. The average molecular weight is 377 g/mol. The summed E-state index contributed by atoms with van der Waals surface area (Å²) in [4.78, 5) is 27.3. The minimum absolute atomic E-state index is 0.0154. The zero-order valence-electron chi connectivity index (χ0n) is 16.0. The Labute approximate surface area is 166 Å². The van der Waals surface area contributed by atoms with Crippen LogP contribution in [-0.2, 0) is 4.79 Å². The number of carbonyl (C=O) groups excluding carboxylic acids is 2. The number of benzene rings is 2. The Hall–Kier alpha value is -2.82. The van der Waals surface area contributed by atoms with Crippen molar-refractivity contribution in [3.05, 3.63) is 71.8 Å². The van der Waals surface area contributed by atoms with E-state index in [2.05, 4.69) is 10.6 Å². The molecule has 2 N–H and O–H groups in total. The number of likely N-dealkylation sites (tertiary alicyclic amines) is 1. The molecule has 0 unspecified atom stereocenters. The number of carbonyl (C=O) groups is 2. The molecule has 0 bridgehead atoms. The van der Waals surface area contributed by atoms with E-state index in [4.69, 9.17) is 0 Å². The molecule has 5 nitrogen and oxygen atoms in total. The van der Waals surface area contributed by atoms with Crippen molar-refractivity contribution in [1.82, 2.24) is 15.5 Å². The highest BCUT2D eigenvalue weighted by Gasteiger charge is 2.32. The molecule has 1 saturated heterocycles. The minimum Gasteiger partial charge on any atom is -0.345 e. The van der Waals surface area contributed by atoms with Gasteiger partial charge in [-0.2, -0.15) is 0 Å². The second kappa shape index (κ2) is 8.46. The lowest BCUT2D eigenvalue weighted by atomic mass is 9.94. The van der Waals surface area contributed by atoms with Gasteiger partial charge in [-0.1, -0.05) is 60.7 Å². The van der Waals surface area contributed by atoms with Gasteiger partial charge in [0.1, 0.15) is 0 Å². The first kappa shape index (κ1) is 18.5. The van der Waals surface area contributed by atoms with E-state index >= 15 is 0 Å². The van der Waals surface area contributed by atoms with Crippen molar-refractivity contribution in [2.45, 2.75) is 37.8 Å². The third kappa shape index (κ3) is 4.53. The van der Waals surface area contributed by atoms with Gasteiger partial charge in [0.2, 0.25) is 5.91 Å². The fourth-order valence-electron chi connectivity index (χ4n) is 3.78. The number of hydrogen-bond acceptors (Lipinski definition) is 2. The summed E-state index contributed by atoms with van der Waals surface area (Å²) in [5, 5.41) is 6.27. The molecule has 0 radical (unpaired) electrons. The largest absolute Gasteiger partial charge is 0.345 e. The highest BCUT2D eigenvalue weighted by Crippen LogP contribution is 2.25. The van der Waals surface area contributed by atoms with Crippen LogP contribution in [0.3, 0.4) is 0 Å². The standard InChI is InChI=1S/C23H27N3O2/c27-22(19-12-7-15-26(16-19)23(28)24-20-13-14-20)25-21(17-8-3-1-4-9-17)18-10-5-2-6-11-18/h1-6,8-11,19-21H,7,12-16H2,(H,24,28)(H,25,27)/t19-/m0/s1. The Morgan fingerprint density at radius 3 is 2.07 bits per heavy atom. The van der Waals surface area contributed by atoms with E-state index < -0.39 is 0 Å². The summed E-state index contributed by atoms with van der Waals surface area (Å²) in [6, 6.07) is 20.2. The average Bonchev–Trinajstić information content (AvgIpc) is 3.57. The molecular weight excluding hydrogens is 350 g/mol. The summed E-state index contributed by atoms with van der Waals surface area (Å²) < 4.78 is 0. The van der Waals surface area contributed by atoms with Crippen molar-refractivity contribution in [1.29, 1.82) is 0 Å². The van der Waals surface area contributed by atoms with Gasteiger partial charge in [0.25, 0.3) is 0 Å². The molecule has 1 atom stereocenters. The topological polar surface area (TPSA) is 61.4 Å². The van der Waals surface area contributed by atoms with Crippen molar-refractivity contribution < 1.29 is 9.59 Å². The third-order valence-corrected chi connectivity index (χ3v) is 5.54. The maximum Gasteiger partial charge on any atom is 0.317 e. The molecule has 5 heteroatoms. The molecule has 3 amide bonds. The summed E-state index contributed by atoms with van der Waals surface area (Å²) in [7, 11) is 0. The molecule has 1 aliphatic heterocycles. The Morgan fingerprint density at radius 1 is 0.893 bits per heavy atom. The van der Waals surface area contributed by atoms with Crippen molar-refractivity contribution in [3.63, 3.8) is 0 Å². The molecule has 1 aliphatic carbocycles. The lowest BCUT2D eigenvalue weighted by molar-refractivity contribution is -0.126. The molecule has 2 fully saturated rings. The number of urea groups is 1. The van der Waals surface area contributed by atoms with Gasteiger partial charge in [-0.3, -0.25) is 4.79 Å². The maximum absolute atomic E-state index is 13.1. The van der Waals surface area contributed by atoms with E-state index in [0.717, 1.165) is 43.4 Å². The van der Waals surface area contributed by atoms with Crippen LogP contribution in [0, 0.1) is 5.92 Å². The highest BCUT2D eigenvalue weighted by molar-refractivity contribution is 5.81. The van der Waals surface area contributed by atoms with Gasteiger partial charge < -0.3 is 15.5 Å². The van der Waals surface area contributed by atoms with Crippen molar-refractivity contribution >= 4 is 11.9 Å². The zero-order chi connectivity index (χ0) is 19.3. The third-order valence-electron chi connectivity index (χ3n) is 5.54. The lowest BCUT2D eigenvalue weighted by Crippen LogP contribution is -2.49. The molecule has 2 aromatic carbocycles. The lowest BCUT2D eigenvalue weighted by Gasteiger charge is -2.33. The fraction of sp³-hybridized carbons (Fsp3) is 0.391. The van der Waals surface area contributed by atoms with Gasteiger partial charge in [0, 0.05) is 19.1 Å². The van der Waals surface area contributed by atoms with Crippen LogP contribution in [0.4, 0.5) is 4.79 Å². The summed E-state index contributed by atoms with van der Waals surface area (Å²) in [6.07, 6.45) is 3.81. The summed E-state index contributed by atoms with van der Waals surface area (Å²) in [6.45, 7) is 1.21.